The Morgan fingerprint density at radius 3 is 1.91 bits per heavy atom. The Morgan fingerprint density at radius 1 is 0.545 bits per heavy atom. The van der Waals surface area contributed by atoms with Gasteiger partial charge in [-0.2, -0.15) is 0 Å². The second kappa shape index (κ2) is 10.1. The minimum Gasteiger partial charge on any atom is -0.457 e. The highest BCUT2D eigenvalue weighted by atomic mass is 16.5. The topological polar surface area (TPSA) is 69.8 Å². The number of benzene rings is 5. The van der Waals surface area contributed by atoms with Crippen molar-refractivity contribution in [2.75, 3.05) is 0 Å². The quantitative estimate of drug-likeness (QED) is 0.204. The predicted octanol–water partition coefficient (Wildman–Crippen LogP) is 9.21. The van der Waals surface area contributed by atoms with E-state index in [4.69, 9.17) is 20.5 Å². The number of nitrogens with one attached hydrogen (secondary N) is 2. The number of allylic oxidation sites excluding steroid dienone is 2. The minimum absolute atomic E-state index is 0.244. The fourth-order valence-corrected chi connectivity index (χ4v) is 6.73. The van der Waals surface area contributed by atoms with E-state index in [9.17, 15) is 0 Å². The Kier molecular flexibility index (Phi) is 5.95. The monoisotopic (exact) mass is 565 g/mol. The van der Waals surface area contributed by atoms with Crippen LogP contribution in [-0.4, -0.2) is 16.4 Å². The van der Waals surface area contributed by atoms with Crippen molar-refractivity contribution >= 4 is 11.4 Å². The molecular formula is C40H27N3O. The van der Waals surface area contributed by atoms with Crippen molar-refractivity contribution in [3.8, 4) is 33.9 Å². The first-order valence-corrected chi connectivity index (χ1v) is 14.6. The molecule has 0 amide bonds. The number of nitrogens with zero attached hydrogens (tertiary/aromatic N) is 1. The van der Waals surface area contributed by atoms with Crippen molar-refractivity contribution in [2.24, 2.45) is 0 Å². The SMILES string of the molecule is N=C(/C=C\C(=N)c1cccc(-c2ccc3c(c2)Oc2ccccc2C32c3ccccc3-c3ccccc32)n1)c1ccccc1. The molecule has 2 aliphatic rings. The van der Waals surface area contributed by atoms with Crippen molar-refractivity contribution in [1.29, 1.82) is 10.8 Å². The molecule has 0 bridgehead atoms. The van der Waals surface area contributed by atoms with Gasteiger partial charge in [0.1, 0.15) is 11.5 Å². The highest BCUT2D eigenvalue weighted by Gasteiger charge is 2.50. The number of aromatic nitrogens is 1. The Labute approximate surface area is 256 Å². The Bertz CT molecular complexity index is 2100. The second-order valence-electron chi connectivity index (χ2n) is 11.1. The Balaban J connectivity index is 1.21. The lowest BCUT2D eigenvalue weighted by molar-refractivity contribution is 0.436. The highest BCUT2D eigenvalue weighted by molar-refractivity contribution is 6.13. The molecule has 5 aromatic carbocycles. The van der Waals surface area contributed by atoms with E-state index in [1.165, 1.54) is 22.3 Å². The summed E-state index contributed by atoms with van der Waals surface area (Å²) in [7, 11) is 0. The maximum Gasteiger partial charge on any atom is 0.132 e. The lowest BCUT2D eigenvalue weighted by Gasteiger charge is -2.39. The molecule has 0 saturated heterocycles. The number of para-hydroxylation sites is 1. The molecule has 1 aromatic heterocycles. The molecule has 2 N–H and O–H groups in total. The maximum atomic E-state index is 8.65. The Hall–Kier alpha value is -5.87. The number of pyridine rings is 1. The van der Waals surface area contributed by atoms with E-state index in [-0.39, 0.29) is 5.71 Å². The summed E-state index contributed by atoms with van der Waals surface area (Å²) >= 11 is 0. The van der Waals surface area contributed by atoms with Gasteiger partial charge in [0, 0.05) is 16.7 Å². The van der Waals surface area contributed by atoms with Crippen molar-refractivity contribution < 1.29 is 4.74 Å². The van der Waals surface area contributed by atoms with Gasteiger partial charge in [0.15, 0.2) is 0 Å². The van der Waals surface area contributed by atoms with E-state index in [0.717, 1.165) is 39.4 Å². The molecule has 0 unspecified atom stereocenters. The molecule has 208 valence electrons. The summed E-state index contributed by atoms with van der Waals surface area (Å²) in [6.07, 6.45) is 3.28. The van der Waals surface area contributed by atoms with E-state index < -0.39 is 5.41 Å². The van der Waals surface area contributed by atoms with Crippen LogP contribution in [0.1, 0.15) is 33.5 Å². The van der Waals surface area contributed by atoms with Crippen LogP contribution >= 0.6 is 0 Å². The molecule has 4 heteroatoms. The van der Waals surface area contributed by atoms with Crippen LogP contribution in [0.25, 0.3) is 22.4 Å². The van der Waals surface area contributed by atoms with Gasteiger partial charge in [-0.1, -0.05) is 115 Å². The average molecular weight is 566 g/mol. The molecule has 0 atom stereocenters. The molecular weight excluding hydrogens is 538 g/mol. The van der Waals surface area contributed by atoms with Crippen LogP contribution in [-0.2, 0) is 5.41 Å². The van der Waals surface area contributed by atoms with Gasteiger partial charge < -0.3 is 10.1 Å². The van der Waals surface area contributed by atoms with E-state index >= 15 is 0 Å². The molecule has 8 rings (SSSR count). The number of hydrogen-bond donors (Lipinski definition) is 2. The normalized spacial score (nSPS) is 13.5. The zero-order chi connectivity index (χ0) is 29.7. The highest BCUT2D eigenvalue weighted by Crippen LogP contribution is 2.62. The Morgan fingerprint density at radius 2 is 1.16 bits per heavy atom. The fraction of sp³-hybridized carbons (Fsp3) is 0.0250. The smallest absolute Gasteiger partial charge is 0.132 e. The molecule has 1 aliphatic heterocycles. The third kappa shape index (κ3) is 3.89. The van der Waals surface area contributed by atoms with Crippen LogP contribution in [0.5, 0.6) is 11.5 Å². The van der Waals surface area contributed by atoms with Crippen LogP contribution in [0.2, 0.25) is 0 Å². The van der Waals surface area contributed by atoms with Crippen molar-refractivity contribution in [3.63, 3.8) is 0 Å². The van der Waals surface area contributed by atoms with Crippen molar-refractivity contribution in [1.82, 2.24) is 4.98 Å². The molecule has 0 fully saturated rings. The average Bonchev–Trinajstić information content (AvgIpc) is 3.38. The summed E-state index contributed by atoms with van der Waals surface area (Å²) in [5.74, 6) is 1.64. The molecule has 2 heterocycles. The summed E-state index contributed by atoms with van der Waals surface area (Å²) in [6.45, 7) is 0. The minimum atomic E-state index is -0.499. The second-order valence-corrected chi connectivity index (χ2v) is 11.1. The van der Waals surface area contributed by atoms with Crippen molar-refractivity contribution in [2.45, 2.75) is 5.41 Å². The molecule has 1 spiro atoms. The van der Waals surface area contributed by atoms with Crippen LogP contribution in [0.15, 0.2) is 152 Å². The summed E-state index contributed by atoms with van der Waals surface area (Å²) in [5.41, 5.74) is 10.4. The van der Waals surface area contributed by atoms with Gasteiger partial charge in [-0.05, 0) is 64.2 Å². The predicted molar refractivity (Wildman–Crippen MR) is 176 cm³/mol. The van der Waals surface area contributed by atoms with Crippen LogP contribution in [0.3, 0.4) is 0 Å². The fourth-order valence-electron chi connectivity index (χ4n) is 6.73. The lowest BCUT2D eigenvalue weighted by Crippen LogP contribution is -2.32. The zero-order valence-electron chi connectivity index (χ0n) is 23.8. The maximum absolute atomic E-state index is 8.65. The summed E-state index contributed by atoms with van der Waals surface area (Å²) in [4.78, 5) is 4.85. The van der Waals surface area contributed by atoms with Gasteiger partial charge in [0.05, 0.1) is 28.2 Å². The zero-order valence-corrected chi connectivity index (χ0v) is 23.8. The largest absolute Gasteiger partial charge is 0.457 e. The molecule has 6 aromatic rings. The molecule has 0 saturated carbocycles. The van der Waals surface area contributed by atoms with Crippen LogP contribution in [0.4, 0.5) is 0 Å². The molecule has 4 nitrogen and oxygen atoms in total. The third-order valence-electron chi connectivity index (χ3n) is 8.67. The van der Waals surface area contributed by atoms with Gasteiger partial charge >= 0.3 is 0 Å². The van der Waals surface area contributed by atoms with Gasteiger partial charge in [-0.15, -0.1) is 0 Å². The number of ether oxygens (including phenoxy) is 1. The van der Waals surface area contributed by atoms with Gasteiger partial charge in [-0.3, -0.25) is 5.41 Å². The van der Waals surface area contributed by atoms with Gasteiger partial charge in [0.25, 0.3) is 0 Å². The van der Waals surface area contributed by atoms with Gasteiger partial charge in [0.2, 0.25) is 0 Å². The molecule has 44 heavy (non-hydrogen) atoms. The van der Waals surface area contributed by atoms with Crippen LogP contribution in [0, 0.1) is 10.8 Å². The van der Waals surface area contributed by atoms with Crippen molar-refractivity contribution in [3.05, 3.63) is 185 Å². The third-order valence-corrected chi connectivity index (χ3v) is 8.67. The number of rotatable bonds is 5. The van der Waals surface area contributed by atoms with E-state index in [2.05, 4.69) is 84.9 Å². The van der Waals surface area contributed by atoms with E-state index in [0.29, 0.717) is 11.4 Å². The van der Waals surface area contributed by atoms with E-state index in [1.807, 2.05) is 54.6 Å². The first kappa shape index (κ1) is 25.8. The summed E-state index contributed by atoms with van der Waals surface area (Å²) in [5, 5.41) is 17.0. The number of fused-ring (bicyclic) bond motifs is 9. The summed E-state index contributed by atoms with van der Waals surface area (Å²) in [6, 6.07) is 47.3. The molecule has 1 aliphatic carbocycles. The van der Waals surface area contributed by atoms with Gasteiger partial charge in [-0.25, -0.2) is 4.98 Å². The van der Waals surface area contributed by atoms with E-state index in [1.54, 1.807) is 12.2 Å². The summed E-state index contributed by atoms with van der Waals surface area (Å²) < 4.78 is 6.64. The lowest BCUT2D eigenvalue weighted by atomic mass is 9.66. The standard InChI is InChI=1S/C40H27N3O/c41-34(26-11-2-1-3-12-26)23-24-35(42)37-19-10-18-36(43-37)27-21-22-33-39(25-27)44-38-20-9-8-17-32(38)40(33)30-15-6-4-13-28(30)29-14-5-7-16-31(29)40/h1-25,41-42H/b24-23-,41-34?,42-35?. The van der Waals surface area contributed by atoms with Crippen LogP contribution < -0.4 is 4.74 Å². The molecule has 0 radical (unpaired) electrons. The first-order valence-electron chi connectivity index (χ1n) is 14.6. The first-order chi connectivity index (χ1) is 21.6. The number of hydrogen-bond acceptors (Lipinski definition) is 4.